The summed E-state index contributed by atoms with van der Waals surface area (Å²) in [5.74, 6) is 0.655. The number of piperidine rings is 1. The number of benzene rings is 2. The minimum absolute atomic E-state index is 0. The van der Waals surface area contributed by atoms with Crippen molar-refractivity contribution in [2.45, 2.75) is 38.8 Å². The maximum absolute atomic E-state index is 13.7. The van der Waals surface area contributed by atoms with E-state index in [1.807, 2.05) is 4.90 Å². The maximum atomic E-state index is 13.7. The second-order valence-corrected chi connectivity index (χ2v) is 9.68. The van der Waals surface area contributed by atoms with Crippen LogP contribution in [0.3, 0.4) is 0 Å². The average molecular weight is 497 g/mol. The van der Waals surface area contributed by atoms with Crippen LogP contribution in [0.15, 0.2) is 48.7 Å². The molecule has 2 N–H and O–H groups in total. The number of nitrogens with zero attached hydrogens (tertiary/aromatic N) is 3. The van der Waals surface area contributed by atoms with Crippen LogP contribution in [0.4, 0.5) is 0 Å². The second kappa shape index (κ2) is 11.6. The van der Waals surface area contributed by atoms with Gasteiger partial charge in [0, 0.05) is 57.4 Å². The van der Waals surface area contributed by atoms with Gasteiger partial charge in [0.05, 0.1) is 24.3 Å². The molecular weight excluding hydrogens is 460 g/mol. The summed E-state index contributed by atoms with van der Waals surface area (Å²) in [5.41, 5.74) is 11.6. The molecule has 0 aliphatic carbocycles. The van der Waals surface area contributed by atoms with E-state index in [9.17, 15) is 4.79 Å². The van der Waals surface area contributed by atoms with Crippen molar-refractivity contribution in [1.82, 2.24) is 14.4 Å². The number of rotatable bonds is 6. The van der Waals surface area contributed by atoms with Crippen LogP contribution in [0.25, 0.3) is 10.9 Å². The van der Waals surface area contributed by atoms with Crippen molar-refractivity contribution in [2.24, 2.45) is 5.73 Å². The molecule has 2 aromatic carbocycles. The van der Waals surface area contributed by atoms with Crippen LogP contribution in [-0.4, -0.2) is 66.2 Å². The molecule has 2 fully saturated rings. The van der Waals surface area contributed by atoms with Crippen molar-refractivity contribution in [3.63, 3.8) is 0 Å². The van der Waals surface area contributed by atoms with Gasteiger partial charge in [0.2, 0.25) is 0 Å². The molecule has 1 amide bonds. The van der Waals surface area contributed by atoms with E-state index in [0.717, 1.165) is 76.3 Å². The zero-order chi connectivity index (χ0) is 23.5. The lowest BCUT2D eigenvalue weighted by molar-refractivity contribution is 0.0365. The standard InChI is InChI=1S/C28H36N4O2.ClH/c1-21-4-2-7-25-26(20-32(27(21)25)13-12-30-14-16-34-17-15-30)28(33)31-10-8-23(9-11-31)24-6-3-5-22(18-24)19-29;/h2-7,18,20,23H,8-17,19,29H2,1H3;1H. The molecule has 7 heteroatoms. The summed E-state index contributed by atoms with van der Waals surface area (Å²) in [6, 6.07) is 14.9. The zero-order valence-electron chi connectivity index (χ0n) is 20.6. The number of halogens is 1. The van der Waals surface area contributed by atoms with E-state index < -0.39 is 0 Å². The highest BCUT2D eigenvalue weighted by Gasteiger charge is 2.27. The number of amides is 1. The highest BCUT2D eigenvalue weighted by atomic mass is 35.5. The number of carbonyl (C=O) groups excluding carboxylic acids is 1. The highest BCUT2D eigenvalue weighted by Crippen LogP contribution is 2.31. The Morgan fingerprint density at radius 3 is 2.51 bits per heavy atom. The molecule has 0 unspecified atom stereocenters. The van der Waals surface area contributed by atoms with Gasteiger partial charge < -0.3 is 19.9 Å². The number of carbonyl (C=O) groups is 1. The molecule has 2 saturated heterocycles. The first-order valence-electron chi connectivity index (χ1n) is 12.6. The number of para-hydroxylation sites is 1. The third-order valence-electron chi connectivity index (χ3n) is 7.53. The summed E-state index contributed by atoms with van der Waals surface area (Å²) in [5, 5.41) is 1.07. The second-order valence-electron chi connectivity index (χ2n) is 9.68. The average Bonchev–Trinajstić information content (AvgIpc) is 3.27. The van der Waals surface area contributed by atoms with Gasteiger partial charge in [-0.3, -0.25) is 9.69 Å². The SMILES string of the molecule is Cc1cccc2c(C(=O)N3CCC(c4cccc(CN)c4)CC3)cn(CCN3CCOCC3)c12.Cl. The van der Waals surface area contributed by atoms with Crippen molar-refractivity contribution in [3.05, 3.63) is 70.9 Å². The van der Waals surface area contributed by atoms with E-state index in [1.54, 1.807) is 0 Å². The lowest BCUT2D eigenvalue weighted by Gasteiger charge is -2.32. The van der Waals surface area contributed by atoms with Crippen LogP contribution < -0.4 is 5.73 Å². The number of ether oxygens (including phenoxy) is 1. The molecule has 2 aliphatic rings. The molecule has 6 nitrogen and oxygen atoms in total. The van der Waals surface area contributed by atoms with Gasteiger partial charge in [0.1, 0.15) is 0 Å². The van der Waals surface area contributed by atoms with Gasteiger partial charge in [0.15, 0.2) is 0 Å². The fraction of sp³-hybridized carbons (Fsp3) is 0.464. The predicted octanol–water partition coefficient (Wildman–Crippen LogP) is 4.18. The number of fused-ring (bicyclic) bond motifs is 1. The third kappa shape index (κ3) is 5.56. The van der Waals surface area contributed by atoms with E-state index in [1.165, 1.54) is 22.2 Å². The van der Waals surface area contributed by atoms with Crippen LogP contribution >= 0.6 is 12.4 Å². The molecule has 3 heterocycles. The molecule has 5 rings (SSSR count). The van der Waals surface area contributed by atoms with Gasteiger partial charge in [-0.05, 0) is 42.4 Å². The summed E-state index contributed by atoms with van der Waals surface area (Å²) in [6.07, 6.45) is 4.08. The van der Waals surface area contributed by atoms with Crippen molar-refractivity contribution in [2.75, 3.05) is 45.9 Å². The van der Waals surface area contributed by atoms with Crippen LogP contribution in [0.1, 0.15) is 45.8 Å². The van der Waals surface area contributed by atoms with Crippen LogP contribution in [0.2, 0.25) is 0 Å². The van der Waals surface area contributed by atoms with Crippen molar-refractivity contribution < 1.29 is 9.53 Å². The number of aromatic nitrogens is 1. The Hall–Kier alpha value is -2.38. The summed E-state index contributed by atoms with van der Waals surface area (Å²) < 4.78 is 7.78. The first-order valence-corrected chi connectivity index (χ1v) is 12.6. The van der Waals surface area contributed by atoms with Crippen molar-refractivity contribution >= 4 is 29.2 Å². The molecular formula is C28H37ClN4O2. The molecule has 1 aromatic heterocycles. The van der Waals surface area contributed by atoms with Gasteiger partial charge >= 0.3 is 0 Å². The van der Waals surface area contributed by atoms with Gasteiger partial charge in [-0.1, -0.05) is 42.5 Å². The van der Waals surface area contributed by atoms with E-state index in [0.29, 0.717) is 12.5 Å². The Bertz CT molecular complexity index is 1150. The highest BCUT2D eigenvalue weighted by molar-refractivity contribution is 6.07. The molecule has 0 spiro atoms. The van der Waals surface area contributed by atoms with Gasteiger partial charge in [-0.15, -0.1) is 12.4 Å². The van der Waals surface area contributed by atoms with Gasteiger partial charge in [-0.2, -0.15) is 0 Å². The minimum Gasteiger partial charge on any atom is -0.379 e. The molecule has 0 saturated carbocycles. The number of aryl methyl sites for hydroxylation is 1. The molecule has 0 bridgehead atoms. The Morgan fingerprint density at radius 2 is 1.77 bits per heavy atom. The summed E-state index contributed by atoms with van der Waals surface area (Å²) in [6.45, 7) is 9.73. The maximum Gasteiger partial charge on any atom is 0.256 e. The Kier molecular flexibility index (Phi) is 8.50. The summed E-state index contributed by atoms with van der Waals surface area (Å²) in [4.78, 5) is 18.1. The third-order valence-corrected chi connectivity index (χ3v) is 7.53. The molecule has 188 valence electrons. The van der Waals surface area contributed by atoms with Crippen LogP contribution in [0.5, 0.6) is 0 Å². The Morgan fingerprint density at radius 1 is 1.03 bits per heavy atom. The van der Waals surface area contributed by atoms with Gasteiger partial charge in [-0.25, -0.2) is 0 Å². The Balaban J connectivity index is 0.00000289. The number of nitrogens with two attached hydrogens (primary N) is 1. The first-order chi connectivity index (χ1) is 16.6. The largest absolute Gasteiger partial charge is 0.379 e. The smallest absolute Gasteiger partial charge is 0.256 e. The molecule has 0 atom stereocenters. The fourth-order valence-electron chi connectivity index (χ4n) is 5.53. The lowest BCUT2D eigenvalue weighted by atomic mass is 9.88. The van der Waals surface area contributed by atoms with Crippen molar-refractivity contribution in [1.29, 1.82) is 0 Å². The van der Waals surface area contributed by atoms with E-state index in [-0.39, 0.29) is 18.3 Å². The monoisotopic (exact) mass is 496 g/mol. The van der Waals surface area contributed by atoms with Gasteiger partial charge in [0.25, 0.3) is 5.91 Å². The molecule has 3 aromatic rings. The topological polar surface area (TPSA) is 63.7 Å². The number of hydrogen-bond acceptors (Lipinski definition) is 4. The zero-order valence-corrected chi connectivity index (χ0v) is 21.4. The summed E-state index contributed by atoms with van der Waals surface area (Å²) >= 11 is 0. The van der Waals surface area contributed by atoms with Crippen molar-refractivity contribution in [3.8, 4) is 0 Å². The summed E-state index contributed by atoms with van der Waals surface area (Å²) in [7, 11) is 0. The minimum atomic E-state index is 0. The fourth-order valence-corrected chi connectivity index (χ4v) is 5.53. The van der Waals surface area contributed by atoms with E-state index in [4.69, 9.17) is 10.5 Å². The first kappa shape index (κ1) is 25.7. The molecule has 2 aliphatic heterocycles. The van der Waals surface area contributed by atoms with Crippen LogP contribution in [0, 0.1) is 6.92 Å². The number of hydrogen-bond donors (Lipinski definition) is 1. The molecule has 35 heavy (non-hydrogen) atoms. The van der Waals surface area contributed by atoms with E-state index >= 15 is 0 Å². The quantitative estimate of drug-likeness (QED) is 0.556. The Labute approximate surface area is 214 Å². The normalized spacial score (nSPS) is 17.5. The lowest BCUT2D eigenvalue weighted by Crippen LogP contribution is -2.38. The molecule has 0 radical (unpaired) electrons. The number of morpholine rings is 1. The van der Waals surface area contributed by atoms with Crippen LogP contribution in [-0.2, 0) is 17.8 Å². The number of likely N-dealkylation sites (tertiary alicyclic amines) is 1. The van der Waals surface area contributed by atoms with E-state index in [2.05, 4.69) is 65.1 Å². The predicted molar refractivity (Wildman–Crippen MR) is 143 cm³/mol.